The summed E-state index contributed by atoms with van der Waals surface area (Å²) in [6.45, 7) is 6.28. The van der Waals surface area contributed by atoms with Crippen LogP contribution in [0.2, 0.25) is 0 Å². The summed E-state index contributed by atoms with van der Waals surface area (Å²) >= 11 is 0. The van der Waals surface area contributed by atoms with Crippen LogP contribution in [-0.2, 0) is 11.8 Å². The Kier molecular flexibility index (Phi) is 4.34. The smallest absolute Gasteiger partial charge is 0.343 e. The third-order valence-corrected chi connectivity index (χ3v) is 2.32. The molecule has 16 heavy (non-hydrogen) atoms. The predicted octanol–water partition coefficient (Wildman–Crippen LogP) is 1.81. The molecule has 0 bridgehead atoms. The molecule has 0 saturated heterocycles. The molecule has 0 radical (unpaired) electrons. The van der Waals surface area contributed by atoms with Crippen molar-refractivity contribution in [2.24, 2.45) is 7.05 Å². The van der Waals surface area contributed by atoms with Gasteiger partial charge in [-0.15, -0.1) is 0 Å². The standard InChI is InChI=1S/C11H19N3O2/c1-5-8(3)12-10-9(7-14(4)13-10)11(15)16-6-2/h7-8H,5-6H2,1-4H3,(H,12,13). The van der Waals surface area contributed by atoms with Crippen LogP contribution in [0.25, 0.3) is 0 Å². The molecule has 0 aromatic carbocycles. The number of carbonyl (C=O) groups excluding carboxylic acids is 1. The fourth-order valence-electron chi connectivity index (χ4n) is 1.29. The molecule has 5 heteroatoms. The zero-order valence-corrected chi connectivity index (χ0v) is 10.3. The van der Waals surface area contributed by atoms with Gasteiger partial charge in [-0.3, -0.25) is 4.68 Å². The van der Waals surface area contributed by atoms with Crippen molar-refractivity contribution in [3.05, 3.63) is 11.8 Å². The number of aromatic nitrogens is 2. The third-order valence-electron chi connectivity index (χ3n) is 2.32. The van der Waals surface area contributed by atoms with Crippen molar-refractivity contribution in [2.75, 3.05) is 11.9 Å². The van der Waals surface area contributed by atoms with E-state index in [0.717, 1.165) is 6.42 Å². The predicted molar refractivity (Wildman–Crippen MR) is 62.5 cm³/mol. The van der Waals surface area contributed by atoms with Gasteiger partial charge in [0.1, 0.15) is 5.56 Å². The van der Waals surface area contributed by atoms with Crippen LogP contribution in [0.5, 0.6) is 0 Å². The van der Waals surface area contributed by atoms with Crippen molar-refractivity contribution in [2.45, 2.75) is 33.2 Å². The van der Waals surface area contributed by atoms with Gasteiger partial charge in [0.2, 0.25) is 0 Å². The van der Waals surface area contributed by atoms with Crippen molar-refractivity contribution in [3.63, 3.8) is 0 Å². The Bertz CT molecular complexity index is 360. The Labute approximate surface area is 95.8 Å². The van der Waals surface area contributed by atoms with E-state index in [4.69, 9.17) is 4.74 Å². The van der Waals surface area contributed by atoms with E-state index in [-0.39, 0.29) is 12.0 Å². The van der Waals surface area contributed by atoms with Gasteiger partial charge in [0.05, 0.1) is 6.61 Å². The Morgan fingerprint density at radius 3 is 2.88 bits per heavy atom. The number of rotatable bonds is 5. The van der Waals surface area contributed by atoms with Crippen molar-refractivity contribution < 1.29 is 9.53 Å². The Morgan fingerprint density at radius 2 is 2.31 bits per heavy atom. The van der Waals surface area contributed by atoms with E-state index in [2.05, 4.69) is 17.3 Å². The number of esters is 1. The normalized spacial score (nSPS) is 12.2. The number of anilines is 1. The highest BCUT2D eigenvalue weighted by Gasteiger charge is 2.17. The SMILES string of the molecule is CCOC(=O)c1cn(C)nc1NC(C)CC. The molecular formula is C11H19N3O2. The average Bonchev–Trinajstić information content (AvgIpc) is 2.59. The Morgan fingerprint density at radius 1 is 1.62 bits per heavy atom. The van der Waals surface area contributed by atoms with Crippen LogP contribution in [0, 0.1) is 0 Å². The number of ether oxygens (including phenoxy) is 1. The fraction of sp³-hybridized carbons (Fsp3) is 0.636. The maximum Gasteiger partial charge on any atom is 0.343 e. The minimum absolute atomic E-state index is 0.281. The highest BCUT2D eigenvalue weighted by atomic mass is 16.5. The highest BCUT2D eigenvalue weighted by molar-refractivity contribution is 5.94. The lowest BCUT2D eigenvalue weighted by Gasteiger charge is -2.11. The molecular weight excluding hydrogens is 206 g/mol. The second-order valence-corrected chi connectivity index (χ2v) is 3.74. The number of hydrogen-bond donors (Lipinski definition) is 1. The summed E-state index contributed by atoms with van der Waals surface area (Å²) < 4.78 is 6.57. The molecule has 1 N–H and O–H groups in total. The first-order valence-electron chi connectivity index (χ1n) is 5.55. The lowest BCUT2D eigenvalue weighted by Crippen LogP contribution is -2.16. The summed E-state index contributed by atoms with van der Waals surface area (Å²) in [5.74, 6) is 0.261. The van der Waals surface area contributed by atoms with Gasteiger partial charge in [-0.25, -0.2) is 4.79 Å². The van der Waals surface area contributed by atoms with Gasteiger partial charge in [-0.1, -0.05) is 6.92 Å². The molecule has 1 rings (SSSR count). The molecule has 0 saturated carbocycles. The summed E-state index contributed by atoms with van der Waals surface area (Å²) in [5, 5.41) is 7.39. The topological polar surface area (TPSA) is 56.2 Å². The molecule has 0 aliphatic carbocycles. The summed E-state index contributed by atoms with van der Waals surface area (Å²) in [4.78, 5) is 11.6. The maximum absolute atomic E-state index is 11.6. The molecule has 1 unspecified atom stereocenters. The van der Waals surface area contributed by atoms with E-state index in [1.165, 1.54) is 0 Å². The first kappa shape index (κ1) is 12.5. The first-order valence-corrected chi connectivity index (χ1v) is 5.55. The van der Waals surface area contributed by atoms with Crippen LogP contribution in [0.4, 0.5) is 5.82 Å². The minimum atomic E-state index is -0.332. The maximum atomic E-state index is 11.6. The molecule has 1 atom stereocenters. The molecule has 0 aliphatic rings. The van der Waals surface area contributed by atoms with E-state index < -0.39 is 0 Å². The number of nitrogens with one attached hydrogen (secondary N) is 1. The summed E-state index contributed by atoms with van der Waals surface area (Å²) in [5.41, 5.74) is 0.490. The molecule has 1 aromatic rings. The second-order valence-electron chi connectivity index (χ2n) is 3.74. The molecule has 0 amide bonds. The summed E-state index contributed by atoms with van der Waals surface area (Å²) in [6.07, 6.45) is 2.64. The second kappa shape index (κ2) is 5.53. The van der Waals surface area contributed by atoms with Crippen molar-refractivity contribution >= 4 is 11.8 Å². The lowest BCUT2D eigenvalue weighted by atomic mass is 10.2. The first-order chi connectivity index (χ1) is 7.58. The highest BCUT2D eigenvalue weighted by Crippen LogP contribution is 2.15. The summed E-state index contributed by atoms with van der Waals surface area (Å²) in [7, 11) is 1.78. The molecule has 1 heterocycles. The summed E-state index contributed by atoms with van der Waals surface area (Å²) in [6, 6.07) is 0.281. The van der Waals surface area contributed by atoms with Crippen molar-refractivity contribution in [1.82, 2.24) is 9.78 Å². The minimum Gasteiger partial charge on any atom is -0.462 e. The van der Waals surface area contributed by atoms with Crippen LogP contribution < -0.4 is 5.32 Å². The zero-order valence-electron chi connectivity index (χ0n) is 10.3. The van der Waals surface area contributed by atoms with E-state index in [1.807, 2.05) is 6.92 Å². The van der Waals surface area contributed by atoms with Crippen LogP contribution in [-0.4, -0.2) is 28.4 Å². The van der Waals surface area contributed by atoms with E-state index in [1.54, 1.807) is 24.9 Å². The van der Waals surface area contributed by atoms with E-state index >= 15 is 0 Å². The molecule has 1 aromatic heterocycles. The molecule has 90 valence electrons. The van der Waals surface area contributed by atoms with Gasteiger partial charge < -0.3 is 10.1 Å². The molecule has 5 nitrogen and oxygen atoms in total. The van der Waals surface area contributed by atoms with Crippen molar-refractivity contribution in [3.8, 4) is 0 Å². The van der Waals surface area contributed by atoms with Crippen LogP contribution in [0.3, 0.4) is 0 Å². The number of carbonyl (C=O) groups is 1. The van der Waals surface area contributed by atoms with Crippen LogP contribution in [0.15, 0.2) is 6.20 Å². The van der Waals surface area contributed by atoms with Crippen LogP contribution >= 0.6 is 0 Å². The average molecular weight is 225 g/mol. The van der Waals surface area contributed by atoms with E-state index in [0.29, 0.717) is 18.0 Å². The number of aryl methyl sites for hydroxylation is 1. The number of hydrogen-bond acceptors (Lipinski definition) is 4. The Balaban J connectivity index is 2.86. The zero-order chi connectivity index (χ0) is 12.1. The van der Waals surface area contributed by atoms with Gasteiger partial charge in [0.25, 0.3) is 0 Å². The Hall–Kier alpha value is -1.52. The molecule has 0 spiro atoms. The van der Waals surface area contributed by atoms with Crippen LogP contribution in [0.1, 0.15) is 37.6 Å². The third kappa shape index (κ3) is 2.98. The van der Waals surface area contributed by atoms with Gasteiger partial charge in [0, 0.05) is 19.3 Å². The lowest BCUT2D eigenvalue weighted by molar-refractivity contribution is 0.0527. The molecule has 0 fully saturated rings. The monoisotopic (exact) mass is 225 g/mol. The van der Waals surface area contributed by atoms with Gasteiger partial charge in [0.15, 0.2) is 5.82 Å². The van der Waals surface area contributed by atoms with Gasteiger partial charge >= 0.3 is 5.97 Å². The largest absolute Gasteiger partial charge is 0.462 e. The molecule has 0 aliphatic heterocycles. The van der Waals surface area contributed by atoms with Gasteiger partial charge in [-0.2, -0.15) is 5.10 Å². The number of nitrogens with zero attached hydrogens (tertiary/aromatic N) is 2. The van der Waals surface area contributed by atoms with Gasteiger partial charge in [-0.05, 0) is 20.3 Å². The van der Waals surface area contributed by atoms with E-state index in [9.17, 15) is 4.79 Å². The quantitative estimate of drug-likeness (QED) is 0.776. The fourth-order valence-corrected chi connectivity index (χ4v) is 1.29. The van der Waals surface area contributed by atoms with Crippen molar-refractivity contribution in [1.29, 1.82) is 0 Å².